The fourth-order valence-corrected chi connectivity index (χ4v) is 10.8. The monoisotopic (exact) mass is 665 g/mol. The van der Waals surface area contributed by atoms with Gasteiger partial charge in [-0.2, -0.15) is 0 Å². The van der Waals surface area contributed by atoms with Gasteiger partial charge in [-0.1, -0.05) is 87.5 Å². The van der Waals surface area contributed by atoms with Gasteiger partial charge in [-0.05, 0) is 48.7 Å². The first-order chi connectivity index (χ1) is 22.1. The summed E-state index contributed by atoms with van der Waals surface area (Å²) >= 11 is 0. The van der Waals surface area contributed by atoms with Crippen LogP contribution in [0.5, 0.6) is 0 Å². The predicted octanol–water partition coefficient (Wildman–Crippen LogP) is 5.07. The molecular weight excluding hydrogens is 614 g/mol. The summed E-state index contributed by atoms with van der Waals surface area (Å²) in [4.78, 5) is 16.8. The minimum Gasteiger partial charge on any atom is -0.459 e. The molecule has 0 bridgehead atoms. The molecule has 4 atom stereocenters. The summed E-state index contributed by atoms with van der Waals surface area (Å²) in [5.41, 5.74) is 0.553. The van der Waals surface area contributed by atoms with E-state index in [9.17, 15) is 15.0 Å². The van der Waals surface area contributed by atoms with Gasteiger partial charge in [0.05, 0.1) is 36.8 Å². The topological polar surface area (TPSA) is 120 Å². The number of hydrogen-bond acceptors (Lipinski definition) is 9. The molecule has 47 heavy (non-hydrogen) atoms. The Morgan fingerprint density at radius 2 is 1.66 bits per heavy atom. The van der Waals surface area contributed by atoms with Gasteiger partial charge in [-0.3, -0.25) is 4.79 Å². The van der Waals surface area contributed by atoms with Gasteiger partial charge in [-0.15, -0.1) is 0 Å². The van der Waals surface area contributed by atoms with Crippen LogP contribution in [0.1, 0.15) is 72.9 Å². The maximum absolute atomic E-state index is 12.3. The second-order valence-electron chi connectivity index (χ2n) is 14.5. The third kappa shape index (κ3) is 8.68. The Hall–Kier alpha value is -3.12. The number of rotatable bonds is 12. The summed E-state index contributed by atoms with van der Waals surface area (Å²) in [6.07, 6.45) is 1.90. The Balaban J connectivity index is 1.70. The first-order valence-corrected chi connectivity index (χ1v) is 18.1. The summed E-state index contributed by atoms with van der Waals surface area (Å²) in [6, 6.07) is 20.6. The number of hydrogen-bond donors (Lipinski definition) is 2. The van der Waals surface area contributed by atoms with Crippen molar-refractivity contribution >= 4 is 24.7 Å². The molecule has 1 aliphatic rings. The lowest BCUT2D eigenvalue weighted by Gasteiger charge is -2.48. The smallest absolute Gasteiger partial charge is 0.311 e. The standard InChI is InChI=1S/C37H51NO8Si/c1-26(23-39)19-32(46-47(36(5,6)7,29-15-11-9-12-16-29)30-17-13-10-14-18-30)31-20-28(40)21-37(42-8,45-31)22-33-38-27(24-43-33)25-44-34(41)35(2,3)4/h9-19,24,28,31-32,39-40H,20-23,25H2,1-8H3/b26-19+/t28-,31-,32-,37+/m1/s1. The molecule has 1 fully saturated rings. The number of carbonyl (C=O) groups is 1. The maximum atomic E-state index is 12.3. The minimum absolute atomic E-state index is 0.0225. The highest BCUT2D eigenvalue weighted by Crippen LogP contribution is 2.41. The Morgan fingerprint density at radius 3 is 2.17 bits per heavy atom. The van der Waals surface area contributed by atoms with E-state index in [1.165, 1.54) is 13.4 Å². The zero-order chi connectivity index (χ0) is 34.5. The number of carbonyl (C=O) groups excluding carboxylic acids is 1. The maximum Gasteiger partial charge on any atom is 0.311 e. The molecule has 10 heteroatoms. The van der Waals surface area contributed by atoms with Gasteiger partial charge in [0.25, 0.3) is 8.32 Å². The van der Waals surface area contributed by atoms with Gasteiger partial charge in [-0.25, -0.2) is 4.98 Å². The number of esters is 1. The van der Waals surface area contributed by atoms with Gasteiger partial charge < -0.3 is 33.3 Å². The molecule has 4 rings (SSSR count). The largest absolute Gasteiger partial charge is 0.459 e. The van der Waals surface area contributed by atoms with E-state index in [-0.39, 0.29) is 37.1 Å². The molecule has 1 saturated heterocycles. The Kier molecular flexibility index (Phi) is 11.7. The van der Waals surface area contributed by atoms with E-state index in [4.69, 9.17) is 23.1 Å². The highest BCUT2D eigenvalue weighted by molar-refractivity contribution is 6.99. The number of aliphatic hydroxyl groups excluding tert-OH is 2. The summed E-state index contributed by atoms with van der Waals surface area (Å²) in [6.45, 7) is 13.7. The van der Waals surface area contributed by atoms with Crippen molar-refractivity contribution in [1.29, 1.82) is 0 Å². The molecule has 0 unspecified atom stereocenters. The average molecular weight is 666 g/mol. The highest BCUT2D eigenvalue weighted by atomic mass is 28.4. The van der Waals surface area contributed by atoms with Crippen molar-refractivity contribution in [3.05, 3.63) is 90.2 Å². The summed E-state index contributed by atoms with van der Waals surface area (Å²) in [5, 5.41) is 23.3. The van der Waals surface area contributed by atoms with Crippen LogP contribution in [0.2, 0.25) is 5.04 Å². The first-order valence-electron chi connectivity index (χ1n) is 16.2. The molecule has 2 aromatic carbocycles. The third-order valence-corrected chi connectivity index (χ3v) is 13.6. The van der Waals surface area contributed by atoms with E-state index in [1.54, 1.807) is 20.8 Å². The second-order valence-corrected chi connectivity index (χ2v) is 18.8. The quantitative estimate of drug-likeness (QED) is 0.155. The fraction of sp³-hybridized carbons (Fsp3) is 0.514. The molecule has 9 nitrogen and oxygen atoms in total. The molecule has 2 heterocycles. The second kappa shape index (κ2) is 15.0. The molecule has 1 aliphatic heterocycles. The van der Waals surface area contributed by atoms with E-state index < -0.39 is 37.8 Å². The van der Waals surface area contributed by atoms with Crippen molar-refractivity contribution in [1.82, 2.24) is 4.98 Å². The number of ether oxygens (including phenoxy) is 3. The SMILES string of the molecule is CO[C@@]1(Cc2nc(COC(=O)C(C)(C)C)co2)C[C@H](O)C[C@H]([C@@H](/C=C(\C)CO)O[Si](c2ccccc2)(c2ccccc2)C(C)(C)C)O1. The third-order valence-electron chi connectivity index (χ3n) is 8.57. The van der Waals surface area contributed by atoms with Gasteiger partial charge in [0, 0.05) is 20.0 Å². The van der Waals surface area contributed by atoms with E-state index in [0.29, 0.717) is 18.0 Å². The average Bonchev–Trinajstić information content (AvgIpc) is 3.47. The van der Waals surface area contributed by atoms with Crippen LogP contribution < -0.4 is 10.4 Å². The number of aliphatic hydroxyl groups is 2. The molecular formula is C37H51NO8Si. The fourth-order valence-electron chi connectivity index (χ4n) is 6.13. The molecule has 2 N–H and O–H groups in total. The van der Waals surface area contributed by atoms with Gasteiger partial charge >= 0.3 is 5.97 Å². The first kappa shape index (κ1) is 36.7. The van der Waals surface area contributed by atoms with Crippen molar-refractivity contribution in [2.75, 3.05) is 13.7 Å². The van der Waals surface area contributed by atoms with Crippen molar-refractivity contribution in [3.8, 4) is 0 Å². The number of oxazole rings is 1. The minimum atomic E-state index is -3.06. The molecule has 256 valence electrons. The number of benzene rings is 2. The van der Waals surface area contributed by atoms with Crippen LogP contribution in [0.4, 0.5) is 0 Å². The molecule has 3 aromatic rings. The summed E-state index contributed by atoms with van der Waals surface area (Å²) < 4.78 is 31.4. The zero-order valence-electron chi connectivity index (χ0n) is 29.0. The number of methoxy groups -OCH3 is 1. The lowest BCUT2D eigenvalue weighted by Crippen LogP contribution is -2.69. The van der Waals surface area contributed by atoms with Crippen LogP contribution in [0.3, 0.4) is 0 Å². The summed E-state index contributed by atoms with van der Waals surface area (Å²) in [5.74, 6) is -1.29. The van der Waals surface area contributed by atoms with Gasteiger partial charge in [0.2, 0.25) is 0 Å². The van der Waals surface area contributed by atoms with Crippen LogP contribution in [0.15, 0.2) is 83.0 Å². The molecule has 1 aromatic heterocycles. The van der Waals surface area contributed by atoms with Crippen molar-refractivity contribution in [3.63, 3.8) is 0 Å². The molecule has 0 radical (unpaired) electrons. The van der Waals surface area contributed by atoms with E-state index >= 15 is 0 Å². The van der Waals surface area contributed by atoms with Gasteiger partial charge in [0.15, 0.2) is 11.7 Å². The highest BCUT2D eigenvalue weighted by Gasteiger charge is 2.54. The zero-order valence-corrected chi connectivity index (χ0v) is 30.0. The van der Waals surface area contributed by atoms with E-state index in [1.807, 2.05) is 49.4 Å². The van der Waals surface area contributed by atoms with E-state index in [0.717, 1.165) is 15.9 Å². The normalized spacial score (nSPS) is 21.8. The lowest BCUT2D eigenvalue weighted by atomic mass is 9.93. The van der Waals surface area contributed by atoms with Crippen molar-refractivity contribution in [2.45, 2.75) is 103 Å². The Labute approximate surface area is 280 Å². The molecule has 0 saturated carbocycles. The van der Waals surface area contributed by atoms with Crippen molar-refractivity contribution < 1.29 is 38.1 Å². The Morgan fingerprint density at radius 1 is 1.06 bits per heavy atom. The Bertz CT molecular complexity index is 1440. The van der Waals surface area contributed by atoms with Crippen LogP contribution >= 0.6 is 0 Å². The van der Waals surface area contributed by atoms with Crippen LogP contribution in [-0.2, 0) is 36.5 Å². The molecule has 0 amide bonds. The predicted molar refractivity (Wildman–Crippen MR) is 183 cm³/mol. The summed E-state index contributed by atoms with van der Waals surface area (Å²) in [7, 11) is -1.52. The number of nitrogens with zero attached hydrogens (tertiary/aromatic N) is 1. The number of aromatic nitrogens is 1. The van der Waals surface area contributed by atoms with Crippen molar-refractivity contribution in [2.24, 2.45) is 5.41 Å². The van der Waals surface area contributed by atoms with Gasteiger partial charge in [0.1, 0.15) is 18.6 Å². The van der Waals surface area contributed by atoms with Crippen LogP contribution in [0, 0.1) is 5.41 Å². The van der Waals surface area contributed by atoms with Crippen LogP contribution in [0.25, 0.3) is 0 Å². The lowest BCUT2D eigenvalue weighted by molar-refractivity contribution is -0.295. The molecule has 0 spiro atoms. The van der Waals surface area contributed by atoms with E-state index in [2.05, 4.69) is 50.0 Å². The molecule has 0 aliphatic carbocycles. The van der Waals surface area contributed by atoms with Crippen LogP contribution in [-0.4, -0.2) is 67.3 Å².